The lowest BCUT2D eigenvalue weighted by atomic mass is 9.93. The Morgan fingerprint density at radius 3 is 2.65 bits per heavy atom. The molecule has 0 aliphatic rings. The number of hydrogen-bond acceptors (Lipinski definition) is 4. The number of aliphatic hydroxyl groups is 1. The molecule has 20 heavy (non-hydrogen) atoms. The summed E-state index contributed by atoms with van der Waals surface area (Å²) in [5.74, 6) is 0.245. The summed E-state index contributed by atoms with van der Waals surface area (Å²) >= 11 is 0. The van der Waals surface area contributed by atoms with Crippen molar-refractivity contribution in [3.8, 4) is 0 Å². The average molecular weight is 273 g/mol. The van der Waals surface area contributed by atoms with E-state index >= 15 is 0 Å². The molecule has 106 valence electrons. The maximum absolute atomic E-state index is 12.2. The van der Waals surface area contributed by atoms with Crippen molar-refractivity contribution in [2.24, 2.45) is 0 Å². The first kappa shape index (κ1) is 14.3. The Kier molecular flexibility index (Phi) is 4.20. The molecule has 1 heterocycles. The van der Waals surface area contributed by atoms with Crippen molar-refractivity contribution in [2.45, 2.75) is 25.9 Å². The molecule has 0 fully saturated rings. The van der Waals surface area contributed by atoms with Crippen LogP contribution in [0.2, 0.25) is 0 Å². The van der Waals surface area contributed by atoms with Gasteiger partial charge in [-0.3, -0.25) is 4.79 Å². The van der Waals surface area contributed by atoms with E-state index in [0.717, 1.165) is 5.56 Å². The largest absolute Gasteiger partial charge is 0.394 e. The summed E-state index contributed by atoms with van der Waals surface area (Å²) in [5.41, 5.74) is -0.0402. The summed E-state index contributed by atoms with van der Waals surface area (Å²) < 4.78 is 1.57. The van der Waals surface area contributed by atoms with Crippen molar-refractivity contribution >= 4 is 5.82 Å². The van der Waals surface area contributed by atoms with Crippen LogP contribution in [-0.4, -0.2) is 21.3 Å². The number of nitrogens with one attached hydrogen (secondary N) is 1. The third kappa shape index (κ3) is 2.72. The van der Waals surface area contributed by atoms with Gasteiger partial charge in [-0.15, -0.1) is 0 Å². The molecule has 1 unspecified atom stereocenters. The highest BCUT2D eigenvalue weighted by Gasteiger charge is 2.27. The molecular weight excluding hydrogens is 254 g/mol. The monoisotopic (exact) mass is 273 g/mol. The Morgan fingerprint density at radius 1 is 1.35 bits per heavy atom. The van der Waals surface area contributed by atoms with Crippen molar-refractivity contribution in [1.29, 1.82) is 0 Å². The lowest BCUT2D eigenvalue weighted by Crippen LogP contribution is -2.39. The van der Waals surface area contributed by atoms with Crippen LogP contribution in [0.1, 0.15) is 19.4 Å². The Bertz CT molecular complexity index is 625. The zero-order valence-corrected chi connectivity index (χ0v) is 11.7. The molecule has 1 atom stereocenters. The zero-order valence-electron chi connectivity index (χ0n) is 11.7. The number of nitrogens with zero attached hydrogens (tertiary/aromatic N) is 2. The van der Waals surface area contributed by atoms with Crippen LogP contribution in [0.3, 0.4) is 0 Å². The topological polar surface area (TPSA) is 67.2 Å². The van der Waals surface area contributed by atoms with Gasteiger partial charge in [0, 0.05) is 18.9 Å². The number of anilines is 1. The number of benzene rings is 1. The van der Waals surface area contributed by atoms with Gasteiger partial charge < -0.3 is 15.0 Å². The lowest BCUT2D eigenvalue weighted by Gasteiger charge is -2.29. The maximum Gasteiger partial charge on any atom is 0.293 e. The highest BCUT2D eigenvalue weighted by Crippen LogP contribution is 2.23. The lowest BCUT2D eigenvalue weighted by molar-refractivity contribution is 0.223. The highest BCUT2D eigenvalue weighted by atomic mass is 16.3. The smallest absolute Gasteiger partial charge is 0.293 e. The van der Waals surface area contributed by atoms with Crippen molar-refractivity contribution < 1.29 is 5.11 Å². The summed E-state index contributed by atoms with van der Waals surface area (Å²) in [5, 5.41) is 12.8. The fourth-order valence-corrected chi connectivity index (χ4v) is 2.05. The number of rotatable bonds is 5. The standard InChI is InChI=1S/C15H19N3O2/c1-3-18-10-9-16-13(14(18)20)17-15(2,11-19)12-7-5-4-6-8-12/h4-10,19H,3,11H2,1-2H3,(H,16,17). The summed E-state index contributed by atoms with van der Waals surface area (Å²) in [6.07, 6.45) is 3.22. The van der Waals surface area contributed by atoms with E-state index in [1.807, 2.05) is 44.2 Å². The van der Waals surface area contributed by atoms with Crippen molar-refractivity contribution in [1.82, 2.24) is 9.55 Å². The van der Waals surface area contributed by atoms with Gasteiger partial charge in [-0.2, -0.15) is 0 Å². The average Bonchev–Trinajstić information content (AvgIpc) is 2.50. The van der Waals surface area contributed by atoms with Gasteiger partial charge in [0.25, 0.3) is 5.56 Å². The Balaban J connectivity index is 2.39. The van der Waals surface area contributed by atoms with E-state index in [4.69, 9.17) is 0 Å². The molecule has 2 N–H and O–H groups in total. The summed E-state index contributed by atoms with van der Waals surface area (Å²) in [7, 11) is 0. The molecule has 0 bridgehead atoms. The molecule has 5 heteroatoms. The SMILES string of the molecule is CCn1ccnc(NC(C)(CO)c2ccccc2)c1=O. The summed E-state index contributed by atoms with van der Waals surface area (Å²) in [6, 6.07) is 9.52. The van der Waals surface area contributed by atoms with Gasteiger partial charge in [-0.25, -0.2) is 4.98 Å². The maximum atomic E-state index is 12.2. The minimum absolute atomic E-state index is 0.140. The Hall–Kier alpha value is -2.14. The van der Waals surface area contributed by atoms with Crippen molar-refractivity contribution in [3.63, 3.8) is 0 Å². The zero-order chi connectivity index (χ0) is 14.6. The third-order valence-corrected chi connectivity index (χ3v) is 3.38. The van der Waals surface area contributed by atoms with E-state index in [0.29, 0.717) is 6.54 Å². The molecule has 0 radical (unpaired) electrons. The molecule has 0 amide bonds. The van der Waals surface area contributed by atoms with E-state index < -0.39 is 5.54 Å². The fraction of sp³-hybridized carbons (Fsp3) is 0.333. The minimum atomic E-state index is -0.750. The molecular formula is C15H19N3O2. The van der Waals surface area contributed by atoms with Crippen LogP contribution in [-0.2, 0) is 12.1 Å². The molecule has 0 aliphatic heterocycles. The van der Waals surface area contributed by atoms with Crippen LogP contribution in [0.4, 0.5) is 5.82 Å². The number of aryl methyl sites for hydroxylation is 1. The van der Waals surface area contributed by atoms with E-state index in [1.54, 1.807) is 17.0 Å². The quantitative estimate of drug-likeness (QED) is 0.868. The molecule has 1 aromatic carbocycles. The Labute approximate surface area is 117 Å². The second-order valence-corrected chi connectivity index (χ2v) is 4.85. The van der Waals surface area contributed by atoms with Gasteiger partial charge >= 0.3 is 0 Å². The molecule has 0 saturated heterocycles. The Morgan fingerprint density at radius 2 is 2.05 bits per heavy atom. The minimum Gasteiger partial charge on any atom is -0.394 e. The molecule has 2 aromatic rings. The predicted octanol–water partition coefficient (Wildman–Crippen LogP) is 1.58. The van der Waals surface area contributed by atoms with Crippen LogP contribution in [0, 0.1) is 0 Å². The van der Waals surface area contributed by atoms with Gasteiger partial charge in [0.1, 0.15) is 0 Å². The highest BCUT2D eigenvalue weighted by molar-refractivity contribution is 5.40. The van der Waals surface area contributed by atoms with Gasteiger partial charge in [-0.1, -0.05) is 30.3 Å². The predicted molar refractivity (Wildman–Crippen MR) is 78.7 cm³/mol. The van der Waals surface area contributed by atoms with Crippen molar-refractivity contribution in [2.75, 3.05) is 11.9 Å². The van der Waals surface area contributed by atoms with Crippen LogP contribution in [0.25, 0.3) is 0 Å². The fourth-order valence-electron chi connectivity index (χ4n) is 2.05. The van der Waals surface area contributed by atoms with E-state index in [2.05, 4.69) is 10.3 Å². The number of aliphatic hydroxyl groups excluding tert-OH is 1. The van der Waals surface area contributed by atoms with E-state index in [1.165, 1.54) is 0 Å². The first-order valence-corrected chi connectivity index (χ1v) is 6.60. The second-order valence-electron chi connectivity index (χ2n) is 4.85. The van der Waals surface area contributed by atoms with Crippen molar-refractivity contribution in [3.05, 3.63) is 58.6 Å². The molecule has 0 saturated carbocycles. The van der Waals surface area contributed by atoms with Crippen LogP contribution in [0.15, 0.2) is 47.5 Å². The van der Waals surface area contributed by atoms with Crippen LogP contribution in [0.5, 0.6) is 0 Å². The summed E-state index contributed by atoms with van der Waals surface area (Å²) in [4.78, 5) is 16.3. The van der Waals surface area contributed by atoms with Gasteiger partial charge in [0.15, 0.2) is 5.82 Å². The first-order chi connectivity index (χ1) is 9.60. The van der Waals surface area contributed by atoms with Gasteiger partial charge in [0.05, 0.1) is 12.1 Å². The van der Waals surface area contributed by atoms with Crippen LogP contribution >= 0.6 is 0 Å². The normalized spacial score (nSPS) is 13.8. The van der Waals surface area contributed by atoms with E-state index in [-0.39, 0.29) is 18.0 Å². The number of hydrogen-bond donors (Lipinski definition) is 2. The molecule has 5 nitrogen and oxygen atoms in total. The second kappa shape index (κ2) is 5.88. The third-order valence-electron chi connectivity index (χ3n) is 3.38. The molecule has 0 spiro atoms. The van der Waals surface area contributed by atoms with Crippen LogP contribution < -0.4 is 10.9 Å². The van der Waals surface area contributed by atoms with Gasteiger partial charge in [0.2, 0.25) is 0 Å². The molecule has 2 rings (SSSR count). The molecule has 1 aromatic heterocycles. The summed E-state index contributed by atoms with van der Waals surface area (Å²) in [6.45, 7) is 4.18. The first-order valence-electron chi connectivity index (χ1n) is 6.60. The van der Waals surface area contributed by atoms with E-state index in [9.17, 15) is 9.90 Å². The van der Waals surface area contributed by atoms with Gasteiger partial charge in [-0.05, 0) is 19.4 Å². The number of aromatic nitrogens is 2. The molecule has 0 aliphatic carbocycles.